The van der Waals surface area contributed by atoms with Crippen molar-refractivity contribution in [2.45, 2.75) is 19.5 Å². The Hall–Kier alpha value is -1.32. The third-order valence-electron chi connectivity index (χ3n) is 1.81. The van der Waals surface area contributed by atoms with Gasteiger partial charge in [0.2, 0.25) is 0 Å². The maximum Gasteiger partial charge on any atom is 0.396 e. The van der Waals surface area contributed by atoms with Crippen LogP contribution >= 0.6 is 0 Å². The second-order valence-electron chi connectivity index (χ2n) is 3.03. The average molecular weight is 202 g/mol. The minimum Gasteiger partial charge on any atom is -0.294 e. The third kappa shape index (κ3) is 2.87. The van der Waals surface area contributed by atoms with Crippen molar-refractivity contribution in [3.8, 4) is 0 Å². The first kappa shape index (κ1) is 10.8. The molecule has 0 aliphatic rings. The number of rotatable bonds is 2. The van der Waals surface area contributed by atoms with E-state index in [0.717, 1.165) is 0 Å². The number of halogens is 3. The molecule has 76 valence electrons. The quantitative estimate of drug-likeness (QED) is 0.673. The van der Waals surface area contributed by atoms with Crippen LogP contribution in [0.2, 0.25) is 0 Å². The molecule has 0 aliphatic heterocycles. The Bertz CT molecular complexity index is 341. The van der Waals surface area contributed by atoms with Gasteiger partial charge in [0.15, 0.2) is 5.78 Å². The van der Waals surface area contributed by atoms with Gasteiger partial charge in [0.1, 0.15) is 6.42 Å². The van der Waals surface area contributed by atoms with Gasteiger partial charge in [0, 0.05) is 5.56 Å². The summed E-state index contributed by atoms with van der Waals surface area (Å²) in [5.41, 5.74) is 0.714. The van der Waals surface area contributed by atoms with Gasteiger partial charge in [-0.15, -0.1) is 0 Å². The van der Waals surface area contributed by atoms with Crippen molar-refractivity contribution >= 4 is 5.78 Å². The van der Waals surface area contributed by atoms with E-state index in [-0.39, 0.29) is 5.56 Å². The van der Waals surface area contributed by atoms with Crippen molar-refractivity contribution in [2.24, 2.45) is 0 Å². The highest BCUT2D eigenvalue weighted by Gasteiger charge is 2.31. The van der Waals surface area contributed by atoms with Crippen molar-refractivity contribution in [2.75, 3.05) is 0 Å². The predicted molar refractivity (Wildman–Crippen MR) is 46.2 cm³/mol. The molecule has 4 heteroatoms. The number of ketones is 1. The highest BCUT2D eigenvalue weighted by molar-refractivity contribution is 5.97. The van der Waals surface area contributed by atoms with Gasteiger partial charge in [0.25, 0.3) is 0 Å². The maximum atomic E-state index is 11.9. The largest absolute Gasteiger partial charge is 0.396 e. The zero-order valence-corrected chi connectivity index (χ0v) is 7.56. The molecule has 0 aliphatic carbocycles. The lowest BCUT2D eigenvalue weighted by molar-refractivity contribution is -0.125. The summed E-state index contributed by atoms with van der Waals surface area (Å²) in [7, 11) is 0. The van der Waals surface area contributed by atoms with E-state index >= 15 is 0 Å². The molecule has 1 rings (SSSR count). The fraction of sp³-hybridized carbons (Fsp3) is 0.300. The molecule has 0 N–H and O–H groups in total. The summed E-state index contributed by atoms with van der Waals surface area (Å²) in [6, 6.07) is 6.25. The van der Waals surface area contributed by atoms with Crippen LogP contribution < -0.4 is 0 Å². The highest BCUT2D eigenvalue weighted by Crippen LogP contribution is 2.23. The molecule has 1 aromatic carbocycles. The van der Waals surface area contributed by atoms with Crippen LogP contribution in [0.4, 0.5) is 13.2 Å². The van der Waals surface area contributed by atoms with E-state index in [4.69, 9.17) is 0 Å². The summed E-state index contributed by atoms with van der Waals surface area (Å²) in [6.07, 6.45) is -5.82. The molecule has 1 aromatic rings. The van der Waals surface area contributed by atoms with E-state index in [0.29, 0.717) is 5.56 Å². The Morgan fingerprint density at radius 2 is 1.86 bits per heavy atom. The van der Waals surface area contributed by atoms with Gasteiger partial charge in [-0.05, 0) is 12.5 Å². The lowest BCUT2D eigenvalue weighted by Gasteiger charge is -2.06. The zero-order valence-electron chi connectivity index (χ0n) is 7.56. The Morgan fingerprint density at radius 1 is 1.29 bits per heavy atom. The molecule has 0 atom stereocenters. The predicted octanol–water partition coefficient (Wildman–Crippen LogP) is 3.13. The molecule has 0 aromatic heterocycles. The molecule has 0 saturated heterocycles. The van der Waals surface area contributed by atoms with Gasteiger partial charge in [-0.25, -0.2) is 0 Å². The molecule has 0 spiro atoms. The molecule has 0 amide bonds. The lowest BCUT2D eigenvalue weighted by atomic mass is 10.0. The van der Waals surface area contributed by atoms with Crippen molar-refractivity contribution in [1.29, 1.82) is 0 Å². The number of benzene rings is 1. The minimum absolute atomic E-state index is 0.143. The Balaban J connectivity index is 2.86. The van der Waals surface area contributed by atoms with E-state index in [9.17, 15) is 18.0 Å². The number of aryl methyl sites for hydroxylation is 1. The smallest absolute Gasteiger partial charge is 0.294 e. The fourth-order valence-electron chi connectivity index (χ4n) is 1.16. The number of Topliss-reactive ketones (excluding diaryl/α,β-unsaturated/α-hetero) is 1. The summed E-state index contributed by atoms with van der Waals surface area (Å²) in [4.78, 5) is 11.2. The summed E-state index contributed by atoms with van der Waals surface area (Å²) in [6.45, 7) is 1.61. The second-order valence-corrected chi connectivity index (χ2v) is 3.03. The van der Waals surface area contributed by atoms with Crippen LogP contribution in [-0.4, -0.2) is 12.0 Å². The molecule has 0 heterocycles. The maximum absolute atomic E-state index is 11.9. The van der Waals surface area contributed by atoms with E-state index in [2.05, 4.69) is 0 Å². The van der Waals surface area contributed by atoms with Crippen molar-refractivity contribution in [3.63, 3.8) is 0 Å². The van der Waals surface area contributed by atoms with E-state index < -0.39 is 18.4 Å². The molecule has 0 fully saturated rings. The molecule has 0 unspecified atom stereocenters. The Labute approximate surface area is 79.5 Å². The van der Waals surface area contributed by atoms with Gasteiger partial charge in [-0.3, -0.25) is 4.79 Å². The summed E-state index contributed by atoms with van der Waals surface area (Å²) in [5.74, 6) is -0.879. The number of alkyl halides is 3. The summed E-state index contributed by atoms with van der Waals surface area (Å²) >= 11 is 0. The molecule has 0 bridgehead atoms. The van der Waals surface area contributed by atoms with Crippen LogP contribution in [-0.2, 0) is 0 Å². The topological polar surface area (TPSA) is 17.1 Å². The Morgan fingerprint density at radius 3 is 2.36 bits per heavy atom. The molecule has 0 radical (unpaired) electrons. The van der Waals surface area contributed by atoms with E-state index in [1.54, 1.807) is 25.1 Å². The van der Waals surface area contributed by atoms with Crippen LogP contribution in [0.3, 0.4) is 0 Å². The van der Waals surface area contributed by atoms with Crippen LogP contribution in [0.25, 0.3) is 0 Å². The van der Waals surface area contributed by atoms with Crippen LogP contribution in [0.15, 0.2) is 24.3 Å². The first-order valence-corrected chi connectivity index (χ1v) is 4.06. The first-order chi connectivity index (χ1) is 6.40. The molecule has 0 saturated carbocycles. The van der Waals surface area contributed by atoms with Gasteiger partial charge in [-0.1, -0.05) is 24.3 Å². The summed E-state index contributed by atoms with van der Waals surface area (Å²) < 4.78 is 35.7. The fourth-order valence-corrected chi connectivity index (χ4v) is 1.16. The average Bonchev–Trinajstić information content (AvgIpc) is 2.01. The highest BCUT2D eigenvalue weighted by atomic mass is 19.4. The first-order valence-electron chi connectivity index (χ1n) is 4.06. The molecule has 14 heavy (non-hydrogen) atoms. The lowest BCUT2D eigenvalue weighted by Crippen LogP contribution is -2.15. The van der Waals surface area contributed by atoms with E-state index in [1.807, 2.05) is 0 Å². The monoisotopic (exact) mass is 202 g/mol. The van der Waals surface area contributed by atoms with Gasteiger partial charge in [0.05, 0.1) is 0 Å². The van der Waals surface area contributed by atoms with Gasteiger partial charge >= 0.3 is 6.18 Å². The molecule has 1 nitrogen and oxygen atoms in total. The standard InChI is InChI=1S/C10H9F3O/c1-7-4-2-3-5-8(7)9(14)6-10(11,12)13/h2-5H,6H2,1H3. The zero-order chi connectivity index (χ0) is 10.8. The number of hydrogen-bond donors (Lipinski definition) is 0. The third-order valence-corrected chi connectivity index (χ3v) is 1.81. The van der Waals surface area contributed by atoms with Crippen LogP contribution in [0.5, 0.6) is 0 Å². The van der Waals surface area contributed by atoms with Gasteiger partial charge < -0.3 is 0 Å². The second kappa shape index (κ2) is 3.82. The molecular weight excluding hydrogens is 193 g/mol. The van der Waals surface area contributed by atoms with Crippen molar-refractivity contribution in [3.05, 3.63) is 35.4 Å². The summed E-state index contributed by atoms with van der Waals surface area (Å²) in [5, 5.41) is 0. The normalized spacial score (nSPS) is 11.4. The van der Waals surface area contributed by atoms with Crippen LogP contribution in [0, 0.1) is 6.92 Å². The van der Waals surface area contributed by atoms with Crippen molar-refractivity contribution in [1.82, 2.24) is 0 Å². The van der Waals surface area contributed by atoms with Crippen molar-refractivity contribution < 1.29 is 18.0 Å². The molecular formula is C10H9F3O. The van der Waals surface area contributed by atoms with Crippen LogP contribution in [0.1, 0.15) is 22.3 Å². The minimum atomic E-state index is -4.43. The Kier molecular flexibility index (Phi) is 2.93. The van der Waals surface area contributed by atoms with E-state index in [1.165, 1.54) is 6.07 Å². The number of carbonyl (C=O) groups excluding carboxylic acids is 1. The SMILES string of the molecule is Cc1ccccc1C(=O)CC(F)(F)F. The van der Waals surface area contributed by atoms with Gasteiger partial charge in [-0.2, -0.15) is 13.2 Å². The number of hydrogen-bond acceptors (Lipinski definition) is 1. The number of carbonyl (C=O) groups is 1.